The van der Waals surface area contributed by atoms with E-state index in [1.807, 2.05) is 13.8 Å². The fourth-order valence-electron chi connectivity index (χ4n) is 2.22. The van der Waals surface area contributed by atoms with Crippen LogP contribution in [-0.4, -0.2) is 22.4 Å². The topological polar surface area (TPSA) is 32.8 Å². The fourth-order valence-corrected chi connectivity index (χ4v) is 2.22. The van der Waals surface area contributed by atoms with Gasteiger partial charge in [-0.25, -0.2) is 0 Å². The van der Waals surface area contributed by atoms with E-state index >= 15 is 0 Å². The monoisotopic (exact) mass is 228 g/mol. The minimum Gasteiger partial charge on any atom is -0.390 e. The first-order valence-corrected chi connectivity index (χ1v) is 6.63. The van der Waals surface area contributed by atoms with Crippen LogP contribution in [0.15, 0.2) is 0 Å². The molecule has 1 aliphatic heterocycles. The molecule has 2 nitrogen and oxygen atoms in total. The van der Waals surface area contributed by atoms with Crippen LogP contribution in [0.5, 0.6) is 0 Å². The maximum absolute atomic E-state index is 9.66. The molecule has 0 aromatic rings. The van der Waals surface area contributed by atoms with Crippen molar-refractivity contribution < 1.29 is 9.84 Å². The van der Waals surface area contributed by atoms with E-state index in [-0.39, 0.29) is 5.60 Å². The van der Waals surface area contributed by atoms with Crippen LogP contribution >= 0.6 is 0 Å². The molecule has 1 fully saturated rings. The molecule has 0 unspecified atom stereocenters. The lowest BCUT2D eigenvalue weighted by Crippen LogP contribution is -2.20. The van der Waals surface area contributed by atoms with Crippen molar-refractivity contribution in [3.8, 4) is 0 Å². The zero-order valence-corrected chi connectivity index (χ0v) is 11.5. The molecule has 1 saturated heterocycles. The highest BCUT2D eigenvalue weighted by Gasteiger charge is 2.51. The summed E-state index contributed by atoms with van der Waals surface area (Å²) in [6.07, 6.45) is 5.91. The van der Waals surface area contributed by atoms with Gasteiger partial charge in [-0.05, 0) is 46.0 Å². The highest BCUT2D eigenvalue weighted by molar-refractivity contribution is 4.99. The van der Waals surface area contributed by atoms with Crippen molar-refractivity contribution in [3.05, 3.63) is 0 Å². The van der Waals surface area contributed by atoms with Gasteiger partial charge in [-0.15, -0.1) is 0 Å². The second-order valence-electron chi connectivity index (χ2n) is 6.56. The molecule has 0 radical (unpaired) electrons. The normalized spacial score (nSPS) is 29.8. The van der Waals surface area contributed by atoms with Crippen molar-refractivity contribution in [1.29, 1.82) is 0 Å². The van der Waals surface area contributed by atoms with Gasteiger partial charge < -0.3 is 9.84 Å². The lowest BCUT2D eigenvalue weighted by Gasteiger charge is -2.16. The van der Waals surface area contributed by atoms with E-state index in [4.69, 9.17) is 4.74 Å². The van der Waals surface area contributed by atoms with Crippen LogP contribution in [0.3, 0.4) is 0 Å². The van der Waals surface area contributed by atoms with E-state index in [9.17, 15) is 5.11 Å². The summed E-state index contributed by atoms with van der Waals surface area (Å²) in [5, 5.41) is 9.66. The van der Waals surface area contributed by atoms with E-state index in [0.29, 0.717) is 6.10 Å². The van der Waals surface area contributed by atoms with Crippen molar-refractivity contribution in [2.24, 2.45) is 5.92 Å². The highest BCUT2D eigenvalue weighted by Crippen LogP contribution is 2.44. The van der Waals surface area contributed by atoms with Gasteiger partial charge in [0.25, 0.3) is 0 Å². The number of ether oxygens (including phenoxy) is 1. The van der Waals surface area contributed by atoms with Gasteiger partial charge in [0.05, 0.1) is 17.3 Å². The smallest absolute Gasteiger partial charge is 0.0920 e. The molecule has 0 spiro atoms. The van der Waals surface area contributed by atoms with Crippen LogP contribution in [0, 0.1) is 5.92 Å². The summed E-state index contributed by atoms with van der Waals surface area (Å²) >= 11 is 0. The molecule has 0 amide bonds. The predicted molar refractivity (Wildman–Crippen MR) is 67.5 cm³/mol. The van der Waals surface area contributed by atoms with Gasteiger partial charge in [-0.1, -0.05) is 26.7 Å². The van der Waals surface area contributed by atoms with E-state index in [2.05, 4.69) is 20.8 Å². The molecular weight excluding hydrogens is 200 g/mol. The summed E-state index contributed by atoms with van der Waals surface area (Å²) in [5.74, 6) is 0.789. The Balaban J connectivity index is 2.15. The molecule has 0 aliphatic carbocycles. The molecule has 0 aromatic heterocycles. The van der Waals surface area contributed by atoms with Crippen LogP contribution in [0.1, 0.15) is 66.7 Å². The van der Waals surface area contributed by atoms with Gasteiger partial charge in [0.1, 0.15) is 0 Å². The Hall–Kier alpha value is -0.0800. The third-order valence-corrected chi connectivity index (χ3v) is 3.51. The van der Waals surface area contributed by atoms with Crippen LogP contribution in [0.2, 0.25) is 0 Å². The summed E-state index contributed by atoms with van der Waals surface area (Å²) in [4.78, 5) is 0. The first kappa shape index (κ1) is 14.0. The summed E-state index contributed by atoms with van der Waals surface area (Å²) < 4.78 is 5.77. The van der Waals surface area contributed by atoms with Gasteiger partial charge in [-0.3, -0.25) is 0 Å². The van der Waals surface area contributed by atoms with Crippen molar-refractivity contribution in [2.75, 3.05) is 0 Å². The average molecular weight is 228 g/mol. The molecule has 1 aliphatic rings. The maximum Gasteiger partial charge on any atom is 0.0920 e. The number of aliphatic hydroxyl groups is 1. The Morgan fingerprint density at radius 3 is 2.50 bits per heavy atom. The van der Waals surface area contributed by atoms with Crippen LogP contribution in [0.4, 0.5) is 0 Å². The second-order valence-corrected chi connectivity index (χ2v) is 6.56. The molecule has 0 aromatic carbocycles. The minimum atomic E-state index is -0.551. The predicted octanol–water partition coefficient (Wildman–Crippen LogP) is 3.52. The summed E-state index contributed by atoms with van der Waals surface area (Å²) in [7, 11) is 0. The number of epoxide rings is 1. The molecule has 2 heteroatoms. The van der Waals surface area contributed by atoms with Crippen LogP contribution in [0.25, 0.3) is 0 Å². The third-order valence-electron chi connectivity index (χ3n) is 3.51. The average Bonchev–Trinajstić information content (AvgIpc) is 2.72. The number of hydrogen-bond donors (Lipinski definition) is 1. The van der Waals surface area contributed by atoms with E-state index < -0.39 is 5.60 Å². The molecule has 16 heavy (non-hydrogen) atoms. The maximum atomic E-state index is 9.66. The lowest BCUT2D eigenvalue weighted by atomic mass is 9.92. The summed E-state index contributed by atoms with van der Waals surface area (Å²) in [6, 6.07) is 0. The fraction of sp³-hybridized carbons (Fsp3) is 1.00. The van der Waals surface area contributed by atoms with Crippen molar-refractivity contribution in [2.45, 2.75) is 84.0 Å². The molecule has 1 rings (SSSR count). The van der Waals surface area contributed by atoms with E-state index in [1.165, 1.54) is 19.3 Å². The molecule has 1 N–H and O–H groups in total. The lowest BCUT2D eigenvalue weighted by molar-refractivity contribution is 0.0663. The number of hydrogen-bond acceptors (Lipinski definition) is 2. The van der Waals surface area contributed by atoms with Gasteiger partial charge >= 0.3 is 0 Å². The Labute approximate surface area is 100 Å². The van der Waals surface area contributed by atoms with Gasteiger partial charge in [0, 0.05) is 0 Å². The zero-order valence-electron chi connectivity index (χ0n) is 11.5. The van der Waals surface area contributed by atoms with Gasteiger partial charge in [0.2, 0.25) is 0 Å². The van der Waals surface area contributed by atoms with E-state index in [0.717, 1.165) is 18.8 Å². The Morgan fingerprint density at radius 1 is 1.38 bits per heavy atom. The first-order valence-electron chi connectivity index (χ1n) is 6.63. The molecule has 96 valence electrons. The minimum absolute atomic E-state index is 0.111. The largest absolute Gasteiger partial charge is 0.390 e. The third kappa shape index (κ3) is 4.84. The van der Waals surface area contributed by atoms with Crippen molar-refractivity contribution in [1.82, 2.24) is 0 Å². The standard InChI is InChI=1S/C14H28O2/c1-11(2)7-6-9-14(5)12(16-14)8-10-13(3,4)15/h11-12,15H,6-10H2,1-5H3/t12-,14+/m1/s1. The second kappa shape index (κ2) is 5.05. The quantitative estimate of drug-likeness (QED) is 0.676. The molecule has 0 saturated carbocycles. The highest BCUT2D eigenvalue weighted by atomic mass is 16.6. The SMILES string of the molecule is CC(C)CCC[C@]1(C)O[C@@H]1CCC(C)(C)O. The number of rotatable bonds is 7. The molecule has 0 bridgehead atoms. The van der Waals surface area contributed by atoms with E-state index in [1.54, 1.807) is 0 Å². The van der Waals surface area contributed by atoms with Crippen molar-refractivity contribution >= 4 is 0 Å². The first-order chi connectivity index (χ1) is 7.23. The summed E-state index contributed by atoms with van der Waals surface area (Å²) in [6.45, 7) is 10.5. The molecular formula is C14H28O2. The van der Waals surface area contributed by atoms with Crippen LogP contribution < -0.4 is 0 Å². The molecule has 1 heterocycles. The zero-order chi connectivity index (χ0) is 12.4. The van der Waals surface area contributed by atoms with Gasteiger partial charge in [0.15, 0.2) is 0 Å². The Bertz CT molecular complexity index is 217. The van der Waals surface area contributed by atoms with Gasteiger partial charge in [-0.2, -0.15) is 0 Å². The Morgan fingerprint density at radius 2 is 2.00 bits per heavy atom. The van der Waals surface area contributed by atoms with Crippen molar-refractivity contribution in [3.63, 3.8) is 0 Å². The summed E-state index contributed by atoms with van der Waals surface area (Å²) in [5.41, 5.74) is -0.440. The Kier molecular flexibility index (Phi) is 4.42. The van der Waals surface area contributed by atoms with Crippen LogP contribution in [-0.2, 0) is 4.74 Å². The molecule has 2 atom stereocenters.